The van der Waals surface area contributed by atoms with Crippen molar-refractivity contribution < 1.29 is 0 Å². The molecule has 2 heteroatoms. The summed E-state index contributed by atoms with van der Waals surface area (Å²) in [5, 5.41) is 0. The van der Waals surface area contributed by atoms with E-state index in [0.29, 0.717) is 0 Å². The highest BCUT2D eigenvalue weighted by molar-refractivity contribution is 7.98. The molecular formula is C33H60S2. The minimum Gasteiger partial charge on any atom is -0.157 e. The summed E-state index contributed by atoms with van der Waals surface area (Å²) >= 11 is 4.28. The van der Waals surface area contributed by atoms with Crippen molar-refractivity contribution in [1.82, 2.24) is 0 Å². The minimum absolute atomic E-state index is 1.19. The van der Waals surface area contributed by atoms with Crippen LogP contribution < -0.4 is 0 Å². The van der Waals surface area contributed by atoms with E-state index in [4.69, 9.17) is 0 Å². The van der Waals surface area contributed by atoms with Crippen LogP contribution in [0.3, 0.4) is 0 Å². The molecule has 0 spiro atoms. The molecule has 1 rings (SSSR count). The van der Waals surface area contributed by atoms with Gasteiger partial charge in [-0.3, -0.25) is 0 Å². The van der Waals surface area contributed by atoms with E-state index in [1.54, 1.807) is 0 Å². The summed E-state index contributed by atoms with van der Waals surface area (Å²) in [6.45, 7) is 6.87. The Morgan fingerprint density at radius 3 is 1.09 bits per heavy atom. The summed E-state index contributed by atoms with van der Waals surface area (Å²) < 4.78 is 0. The lowest BCUT2D eigenvalue weighted by Gasteiger charge is -2.08. The first-order chi connectivity index (χ1) is 17.3. The first-order valence-electron chi connectivity index (χ1n) is 15.5. The molecule has 0 aromatic heterocycles. The fraction of sp³-hybridized carbons (Fsp3) is 0.818. The van der Waals surface area contributed by atoms with E-state index < -0.39 is 0 Å². The summed E-state index contributed by atoms with van der Waals surface area (Å²) in [4.78, 5) is 0. The van der Waals surface area contributed by atoms with Crippen LogP contribution in [0.25, 0.3) is 0 Å². The number of hydrogen-bond donors (Lipinski definition) is 0. The topological polar surface area (TPSA) is 0 Å². The van der Waals surface area contributed by atoms with Gasteiger partial charge in [-0.05, 0) is 42.4 Å². The lowest BCUT2D eigenvalue weighted by Crippen LogP contribution is -1.91. The molecule has 0 saturated carbocycles. The summed E-state index contributed by atoms with van der Waals surface area (Å²) in [6.07, 6.45) is 28.7. The van der Waals surface area contributed by atoms with Gasteiger partial charge < -0.3 is 0 Å². The molecule has 0 radical (unpaired) electrons. The molecule has 0 bridgehead atoms. The van der Waals surface area contributed by atoms with Gasteiger partial charge in [-0.2, -0.15) is 23.5 Å². The first kappa shape index (κ1) is 32.9. The highest BCUT2D eigenvalue weighted by atomic mass is 32.2. The molecule has 1 aromatic carbocycles. The number of benzene rings is 1. The molecular weight excluding hydrogens is 460 g/mol. The minimum atomic E-state index is 1.19. The highest BCUT2D eigenvalue weighted by Gasteiger charge is 2.01. The predicted molar refractivity (Wildman–Crippen MR) is 167 cm³/mol. The van der Waals surface area contributed by atoms with Gasteiger partial charge >= 0.3 is 0 Å². The number of unbranched alkanes of at least 4 members (excludes halogenated alkanes) is 18. The van der Waals surface area contributed by atoms with Crippen molar-refractivity contribution in [2.75, 3.05) is 11.5 Å². The summed E-state index contributed by atoms with van der Waals surface area (Å²) in [5.41, 5.74) is 4.52. The Hall–Kier alpha value is -0.0800. The zero-order valence-corrected chi connectivity index (χ0v) is 25.7. The third kappa shape index (κ3) is 21.7. The van der Waals surface area contributed by atoms with E-state index >= 15 is 0 Å². The quantitative estimate of drug-likeness (QED) is 0.111. The predicted octanol–water partition coefficient (Wildman–Crippen LogP) is 12.3. The Labute approximate surface area is 230 Å². The normalized spacial score (nSPS) is 11.4. The maximum atomic E-state index is 2.48. The van der Waals surface area contributed by atoms with Crippen LogP contribution in [0.4, 0.5) is 0 Å². The average molecular weight is 521 g/mol. The molecule has 204 valence electrons. The summed E-state index contributed by atoms with van der Waals surface area (Å²) in [5.74, 6) is 5.03. The van der Waals surface area contributed by atoms with Gasteiger partial charge in [0.25, 0.3) is 0 Å². The van der Waals surface area contributed by atoms with Gasteiger partial charge in [0.05, 0.1) is 0 Å². The van der Waals surface area contributed by atoms with E-state index in [1.165, 1.54) is 168 Å². The van der Waals surface area contributed by atoms with Crippen molar-refractivity contribution >= 4 is 23.5 Å². The Kier molecular flexibility index (Phi) is 24.1. The van der Waals surface area contributed by atoms with Gasteiger partial charge in [0, 0.05) is 11.5 Å². The third-order valence-electron chi connectivity index (χ3n) is 7.02. The number of rotatable bonds is 26. The molecule has 0 aliphatic rings. The molecule has 0 saturated heterocycles. The van der Waals surface area contributed by atoms with Gasteiger partial charge in [-0.1, -0.05) is 153 Å². The molecule has 35 heavy (non-hydrogen) atoms. The number of thioether (sulfide) groups is 2. The van der Waals surface area contributed by atoms with Crippen LogP contribution in [0.15, 0.2) is 18.2 Å². The molecule has 0 atom stereocenters. The van der Waals surface area contributed by atoms with Gasteiger partial charge in [-0.15, -0.1) is 0 Å². The summed E-state index contributed by atoms with van der Waals surface area (Å²) in [6, 6.07) is 7.29. The summed E-state index contributed by atoms with van der Waals surface area (Å²) in [7, 11) is 0. The monoisotopic (exact) mass is 520 g/mol. The SMILES string of the molecule is CCCCCCCCCCCCSCc1cc(C)cc(CSCCCCCCCCCCCC)c1. The van der Waals surface area contributed by atoms with E-state index in [-0.39, 0.29) is 0 Å². The fourth-order valence-electron chi connectivity index (χ4n) is 4.88. The Morgan fingerprint density at radius 1 is 0.429 bits per heavy atom. The second-order valence-electron chi connectivity index (χ2n) is 10.8. The van der Waals surface area contributed by atoms with Crippen LogP contribution in [0, 0.1) is 6.92 Å². The smallest absolute Gasteiger partial charge is 0.0184 e. The number of aryl methyl sites for hydroxylation is 1. The lowest BCUT2D eigenvalue weighted by atomic mass is 10.1. The van der Waals surface area contributed by atoms with Crippen LogP contribution in [0.1, 0.15) is 159 Å². The molecule has 0 nitrogen and oxygen atoms in total. The Morgan fingerprint density at radius 2 is 0.743 bits per heavy atom. The molecule has 1 aromatic rings. The van der Waals surface area contributed by atoms with Crippen LogP contribution >= 0.6 is 23.5 Å². The molecule has 0 unspecified atom stereocenters. The molecule has 0 fully saturated rings. The van der Waals surface area contributed by atoms with Crippen LogP contribution in [0.5, 0.6) is 0 Å². The van der Waals surface area contributed by atoms with Crippen molar-refractivity contribution in [2.45, 2.75) is 161 Å². The van der Waals surface area contributed by atoms with Crippen molar-refractivity contribution in [3.63, 3.8) is 0 Å². The van der Waals surface area contributed by atoms with Crippen LogP contribution in [-0.4, -0.2) is 11.5 Å². The maximum Gasteiger partial charge on any atom is 0.0184 e. The van der Waals surface area contributed by atoms with Crippen molar-refractivity contribution in [3.05, 3.63) is 34.9 Å². The third-order valence-corrected chi connectivity index (χ3v) is 9.25. The zero-order valence-electron chi connectivity index (χ0n) is 24.0. The van der Waals surface area contributed by atoms with Gasteiger partial charge in [0.2, 0.25) is 0 Å². The van der Waals surface area contributed by atoms with Gasteiger partial charge in [0.1, 0.15) is 0 Å². The maximum absolute atomic E-state index is 2.48. The van der Waals surface area contributed by atoms with Crippen LogP contribution in [-0.2, 0) is 11.5 Å². The van der Waals surface area contributed by atoms with Crippen LogP contribution in [0.2, 0.25) is 0 Å². The largest absolute Gasteiger partial charge is 0.157 e. The van der Waals surface area contributed by atoms with Crippen molar-refractivity contribution in [3.8, 4) is 0 Å². The zero-order chi connectivity index (χ0) is 25.2. The number of hydrogen-bond acceptors (Lipinski definition) is 2. The van der Waals surface area contributed by atoms with E-state index in [1.807, 2.05) is 0 Å². The van der Waals surface area contributed by atoms with Crippen molar-refractivity contribution in [1.29, 1.82) is 0 Å². The second-order valence-corrected chi connectivity index (χ2v) is 13.0. The first-order valence-corrected chi connectivity index (χ1v) is 17.8. The van der Waals surface area contributed by atoms with E-state index in [2.05, 4.69) is 62.5 Å². The van der Waals surface area contributed by atoms with E-state index in [0.717, 1.165) is 0 Å². The highest BCUT2D eigenvalue weighted by Crippen LogP contribution is 2.22. The average Bonchev–Trinajstić information content (AvgIpc) is 2.85. The fourth-order valence-corrected chi connectivity index (χ4v) is 6.79. The molecule has 0 heterocycles. The Balaban J connectivity index is 1.99. The van der Waals surface area contributed by atoms with E-state index in [9.17, 15) is 0 Å². The molecule has 0 N–H and O–H groups in total. The standard InChI is InChI=1S/C33H60S2/c1-4-6-8-10-12-14-16-18-20-22-24-34-29-32-26-31(3)27-33(28-32)30-35-25-23-21-19-17-15-13-11-9-7-5-2/h26-28H,4-25,29-30H2,1-3H3. The molecule has 0 aliphatic heterocycles. The lowest BCUT2D eigenvalue weighted by molar-refractivity contribution is 0.563. The van der Waals surface area contributed by atoms with Gasteiger partial charge in [-0.25, -0.2) is 0 Å². The Bertz CT molecular complexity index is 522. The molecule has 0 amide bonds. The molecule has 0 aliphatic carbocycles. The van der Waals surface area contributed by atoms with Crippen molar-refractivity contribution in [2.24, 2.45) is 0 Å². The second kappa shape index (κ2) is 25.6. The van der Waals surface area contributed by atoms with Gasteiger partial charge in [0.15, 0.2) is 0 Å².